The van der Waals surface area contributed by atoms with E-state index in [-0.39, 0.29) is 23.4 Å². The van der Waals surface area contributed by atoms with E-state index in [4.69, 9.17) is 23.2 Å². The number of sulfonamides is 1. The first-order valence-electron chi connectivity index (χ1n) is 12.7. The third-order valence-corrected chi connectivity index (χ3v) is 9.51. The zero-order chi connectivity index (χ0) is 29.6. The summed E-state index contributed by atoms with van der Waals surface area (Å²) in [7, 11) is -4.14. The second-order valence-corrected chi connectivity index (χ2v) is 13.2. The first-order valence-corrected chi connectivity index (χ1v) is 15.7. The van der Waals surface area contributed by atoms with Crippen LogP contribution in [-0.4, -0.2) is 43.8 Å². The number of carbonyl (C=O) groups is 2. The minimum Gasteiger partial charge on any atom is -0.352 e. The fourth-order valence-corrected chi connectivity index (χ4v) is 5.99. The van der Waals surface area contributed by atoms with Gasteiger partial charge in [0.25, 0.3) is 10.0 Å². The summed E-state index contributed by atoms with van der Waals surface area (Å²) in [5, 5.41) is 3.57. The SMILES string of the molecule is CC[C@H](C)NC(=O)[C@@H](C)N(Cc1ccc(Cl)c(Cl)c1)C(=O)CN(c1cccc(Br)c1)S(=O)(=O)c1ccc(C)cc1. The van der Waals surface area contributed by atoms with Crippen molar-refractivity contribution in [1.29, 1.82) is 0 Å². The molecule has 1 N–H and O–H groups in total. The highest BCUT2D eigenvalue weighted by Gasteiger charge is 2.33. The van der Waals surface area contributed by atoms with Crippen LogP contribution in [0, 0.1) is 6.92 Å². The molecule has 0 heterocycles. The number of rotatable bonds is 11. The number of anilines is 1. The molecule has 0 fully saturated rings. The van der Waals surface area contributed by atoms with Gasteiger partial charge < -0.3 is 10.2 Å². The molecule has 3 aromatic rings. The van der Waals surface area contributed by atoms with Gasteiger partial charge in [0, 0.05) is 17.1 Å². The highest BCUT2D eigenvalue weighted by Crippen LogP contribution is 2.28. The minimum absolute atomic E-state index is 0.0156. The molecule has 0 bridgehead atoms. The molecule has 0 spiro atoms. The molecule has 0 aliphatic heterocycles. The van der Waals surface area contributed by atoms with Crippen molar-refractivity contribution < 1.29 is 18.0 Å². The van der Waals surface area contributed by atoms with E-state index in [0.717, 1.165) is 9.87 Å². The Morgan fingerprint density at radius 3 is 2.25 bits per heavy atom. The quantitative estimate of drug-likeness (QED) is 0.250. The normalized spacial score (nSPS) is 12.9. The van der Waals surface area contributed by atoms with Crippen LogP contribution < -0.4 is 9.62 Å². The van der Waals surface area contributed by atoms with Crippen molar-refractivity contribution in [2.75, 3.05) is 10.8 Å². The second-order valence-electron chi connectivity index (χ2n) is 9.57. The maximum atomic E-state index is 14.0. The molecule has 0 aliphatic carbocycles. The van der Waals surface area contributed by atoms with Gasteiger partial charge in [0.2, 0.25) is 11.8 Å². The van der Waals surface area contributed by atoms with E-state index < -0.39 is 28.5 Å². The van der Waals surface area contributed by atoms with E-state index in [2.05, 4.69) is 21.2 Å². The second kappa shape index (κ2) is 13.9. The molecule has 40 heavy (non-hydrogen) atoms. The molecule has 0 saturated carbocycles. The lowest BCUT2D eigenvalue weighted by Gasteiger charge is -2.32. The van der Waals surface area contributed by atoms with E-state index in [0.29, 0.717) is 32.2 Å². The molecular formula is C29H32BrCl2N3O4S. The smallest absolute Gasteiger partial charge is 0.264 e. The number of nitrogens with zero attached hydrogens (tertiary/aromatic N) is 2. The van der Waals surface area contributed by atoms with E-state index in [9.17, 15) is 18.0 Å². The number of benzene rings is 3. The summed E-state index contributed by atoms with van der Waals surface area (Å²) >= 11 is 15.7. The summed E-state index contributed by atoms with van der Waals surface area (Å²) in [5.74, 6) is -0.910. The van der Waals surface area contributed by atoms with Crippen LogP contribution in [-0.2, 0) is 26.2 Å². The molecule has 2 amide bonds. The lowest BCUT2D eigenvalue weighted by molar-refractivity contribution is -0.139. The van der Waals surface area contributed by atoms with Gasteiger partial charge in [-0.05, 0) is 75.2 Å². The number of hydrogen-bond donors (Lipinski definition) is 1. The Balaban J connectivity index is 2.04. The number of halogens is 3. The van der Waals surface area contributed by atoms with Gasteiger partial charge in [0.05, 0.1) is 20.6 Å². The summed E-state index contributed by atoms with van der Waals surface area (Å²) < 4.78 is 29.5. The zero-order valence-corrected chi connectivity index (χ0v) is 26.6. The fraction of sp³-hybridized carbons (Fsp3) is 0.310. The van der Waals surface area contributed by atoms with Crippen molar-refractivity contribution in [3.05, 3.63) is 92.4 Å². The molecule has 0 aliphatic rings. The molecule has 11 heteroatoms. The summed E-state index contributed by atoms with van der Waals surface area (Å²) in [4.78, 5) is 28.5. The molecule has 7 nitrogen and oxygen atoms in total. The van der Waals surface area contributed by atoms with Crippen molar-refractivity contribution in [1.82, 2.24) is 10.2 Å². The number of carbonyl (C=O) groups excluding carboxylic acids is 2. The van der Waals surface area contributed by atoms with Gasteiger partial charge in [-0.3, -0.25) is 13.9 Å². The zero-order valence-electron chi connectivity index (χ0n) is 22.7. The fourth-order valence-electron chi connectivity index (χ4n) is 3.88. The lowest BCUT2D eigenvalue weighted by Crippen LogP contribution is -2.52. The summed E-state index contributed by atoms with van der Waals surface area (Å²) in [5.41, 5.74) is 1.84. The van der Waals surface area contributed by atoms with Crippen LogP contribution in [0.5, 0.6) is 0 Å². The number of hydrogen-bond acceptors (Lipinski definition) is 4. The average Bonchev–Trinajstić information content (AvgIpc) is 2.91. The van der Waals surface area contributed by atoms with E-state index >= 15 is 0 Å². The number of amides is 2. The Labute approximate surface area is 254 Å². The average molecular weight is 669 g/mol. The Bertz CT molecular complexity index is 1470. The van der Waals surface area contributed by atoms with Crippen LogP contribution in [0.3, 0.4) is 0 Å². The van der Waals surface area contributed by atoms with Crippen molar-refractivity contribution in [3.63, 3.8) is 0 Å². The van der Waals surface area contributed by atoms with Crippen molar-refractivity contribution in [2.24, 2.45) is 0 Å². The van der Waals surface area contributed by atoms with Crippen molar-refractivity contribution in [3.8, 4) is 0 Å². The van der Waals surface area contributed by atoms with Crippen LogP contribution in [0.25, 0.3) is 0 Å². The highest BCUT2D eigenvalue weighted by molar-refractivity contribution is 9.10. The van der Waals surface area contributed by atoms with Gasteiger partial charge in [-0.25, -0.2) is 8.42 Å². The summed E-state index contributed by atoms with van der Waals surface area (Å²) in [6, 6.07) is 17.1. The van der Waals surface area contributed by atoms with E-state index in [1.807, 2.05) is 20.8 Å². The van der Waals surface area contributed by atoms with Crippen LogP contribution in [0.15, 0.2) is 76.1 Å². The van der Waals surface area contributed by atoms with Gasteiger partial charge in [-0.2, -0.15) is 0 Å². The highest BCUT2D eigenvalue weighted by atomic mass is 79.9. The Morgan fingerprint density at radius 2 is 1.65 bits per heavy atom. The molecule has 214 valence electrons. The maximum absolute atomic E-state index is 14.0. The minimum atomic E-state index is -4.14. The van der Waals surface area contributed by atoms with Gasteiger partial charge in [-0.15, -0.1) is 0 Å². The predicted molar refractivity (Wildman–Crippen MR) is 164 cm³/mol. The van der Waals surface area contributed by atoms with Gasteiger partial charge >= 0.3 is 0 Å². The Kier molecular flexibility index (Phi) is 11.1. The lowest BCUT2D eigenvalue weighted by atomic mass is 10.1. The van der Waals surface area contributed by atoms with Crippen molar-refractivity contribution >= 4 is 66.7 Å². The molecule has 2 atom stereocenters. The van der Waals surface area contributed by atoms with Crippen LogP contribution in [0.2, 0.25) is 10.0 Å². The maximum Gasteiger partial charge on any atom is 0.264 e. The first kappa shape index (κ1) is 31.9. The molecule has 3 rings (SSSR count). The standard InChI is InChI=1S/C29H32BrCl2N3O4S/c1-5-20(3)33-29(37)21(4)34(17-22-11-14-26(31)27(32)15-22)28(36)18-35(24-8-6-7-23(30)16-24)40(38,39)25-12-9-19(2)10-13-25/h6-16,20-21H,5,17-18H2,1-4H3,(H,33,37)/t20-,21+/m0/s1. The van der Waals surface area contributed by atoms with E-state index in [1.165, 1.54) is 17.0 Å². The Hall–Kier alpha value is -2.59. The van der Waals surface area contributed by atoms with Crippen LogP contribution in [0.4, 0.5) is 5.69 Å². The van der Waals surface area contributed by atoms with Gasteiger partial charge in [0.15, 0.2) is 0 Å². The molecule has 3 aromatic carbocycles. The summed E-state index contributed by atoms with van der Waals surface area (Å²) in [6.07, 6.45) is 0.713. The van der Waals surface area contributed by atoms with Crippen molar-refractivity contribution in [2.45, 2.75) is 57.6 Å². The summed E-state index contributed by atoms with van der Waals surface area (Å²) in [6.45, 7) is 6.78. The largest absolute Gasteiger partial charge is 0.352 e. The van der Waals surface area contributed by atoms with Gasteiger partial charge in [-0.1, -0.05) is 75.9 Å². The van der Waals surface area contributed by atoms with E-state index in [1.54, 1.807) is 61.5 Å². The molecular weight excluding hydrogens is 637 g/mol. The molecule has 0 radical (unpaired) electrons. The third kappa shape index (κ3) is 8.00. The number of nitrogens with one attached hydrogen (secondary N) is 1. The number of aryl methyl sites for hydroxylation is 1. The van der Waals surface area contributed by atoms with Gasteiger partial charge in [0.1, 0.15) is 12.6 Å². The van der Waals surface area contributed by atoms with Crippen LogP contribution in [0.1, 0.15) is 38.3 Å². The third-order valence-electron chi connectivity index (χ3n) is 6.49. The molecule has 0 unspecified atom stereocenters. The predicted octanol–water partition coefficient (Wildman–Crippen LogP) is 6.59. The van der Waals surface area contributed by atoms with Crippen LogP contribution >= 0.6 is 39.1 Å². The molecule has 0 saturated heterocycles. The monoisotopic (exact) mass is 667 g/mol. The topological polar surface area (TPSA) is 86.8 Å². The Morgan fingerprint density at radius 1 is 0.975 bits per heavy atom. The first-order chi connectivity index (χ1) is 18.8. The molecule has 0 aromatic heterocycles.